The summed E-state index contributed by atoms with van der Waals surface area (Å²) in [6, 6.07) is 23.4. The number of nitrogens with zero attached hydrogens (tertiary/aromatic N) is 3. The van der Waals surface area contributed by atoms with Gasteiger partial charge in [0.05, 0.1) is 35.4 Å². The first kappa shape index (κ1) is 24.6. The van der Waals surface area contributed by atoms with Crippen LogP contribution in [-0.2, 0) is 6.54 Å². The van der Waals surface area contributed by atoms with Crippen molar-refractivity contribution in [2.24, 2.45) is 0 Å². The number of hydrogen-bond acceptors (Lipinski definition) is 4. The number of amides is 2. The lowest BCUT2D eigenvalue weighted by Gasteiger charge is -2.30. The van der Waals surface area contributed by atoms with E-state index in [0.29, 0.717) is 43.9 Å². The van der Waals surface area contributed by atoms with E-state index in [-0.39, 0.29) is 12.1 Å². The summed E-state index contributed by atoms with van der Waals surface area (Å²) in [7, 11) is 0. The highest BCUT2D eigenvalue weighted by atomic mass is 35.5. The van der Waals surface area contributed by atoms with Crippen LogP contribution >= 0.6 is 23.2 Å². The Bertz CT molecular complexity index is 1620. The summed E-state index contributed by atoms with van der Waals surface area (Å²) in [5, 5.41) is 4.40. The highest BCUT2D eigenvalue weighted by Gasteiger charge is 2.28. The van der Waals surface area contributed by atoms with E-state index in [1.54, 1.807) is 90.0 Å². The van der Waals surface area contributed by atoms with Gasteiger partial charge in [0.2, 0.25) is 0 Å². The van der Waals surface area contributed by atoms with E-state index in [9.17, 15) is 9.59 Å². The third-order valence-electron chi connectivity index (χ3n) is 5.97. The molecule has 0 aliphatic rings. The minimum absolute atomic E-state index is 0.143. The molecule has 1 N–H and O–H groups in total. The molecule has 0 saturated heterocycles. The number of aromatic nitrogens is 2. The molecule has 186 valence electrons. The fraction of sp³-hybridized carbons (Fsp3) is 0.107. The fourth-order valence-corrected chi connectivity index (χ4v) is 4.44. The van der Waals surface area contributed by atoms with Gasteiger partial charge in [-0.25, -0.2) is 9.78 Å². The first-order valence-electron chi connectivity index (χ1n) is 11.5. The number of hydrogen-bond donors (Lipinski definition) is 1. The second-order valence-electron chi connectivity index (χ2n) is 8.43. The number of furan rings is 1. The lowest BCUT2D eigenvalue weighted by molar-refractivity contribution is 0.179. The van der Waals surface area contributed by atoms with E-state index in [0.717, 1.165) is 0 Å². The number of nitrogens with one attached hydrogen (secondary N) is 1. The number of benzene rings is 3. The molecule has 0 fully saturated rings. The van der Waals surface area contributed by atoms with E-state index in [2.05, 4.69) is 5.32 Å². The summed E-state index contributed by atoms with van der Waals surface area (Å²) in [5.74, 6) is 0.966. The maximum absolute atomic E-state index is 13.7. The molecule has 3 aromatic carbocycles. The van der Waals surface area contributed by atoms with Gasteiger partial charge in [0.25, 0.3) is 5.56 Å². The molecule has 7 nitrogen and oxygen atoms in total. The summed E-state index contributed by atoms with van der Waals surface area (Å²) in [6.07, 6.45) is 1.55. The Kier molecular flexibility index (Phi) is 6.99. The van der Waals surface area contributed by atoms with Gasteiger partial charge in [-0.05, 0) is 73.7 Å². The van der Waals surface area contributed by atoms with Crippen LogP contribution in [0.1, 0.15) is 24.6 Å². The molecule has 0 bridgehead atoms. The molecule has 0 aliphatic carbocycles. The third-order valence-corrected chi connectivity index (χ3v) is 6.46. The molecular formula is C28H22Cl2N4O3. The second kappa shape index (κ2) is 10.5. The Morgan fingerprint density at radius 3 is 2.51 bits per heavy atom. The largest absolute Gasteiger partial charge is 0.467 e. The van der Waals surface area contributed by atoms with Crippen LogP contribution in [0.5, 0.6) is 0 Å². The third kappa shape index (κ3) is 5.23. The Labute approximate surface area is 222 Å². The summed E-state index contributed by atoms with van der Waals surface area (Å²) in [6.45, 7) is 1.97. The van der Waals surface area contributed by atoms with Crippen LogP contribution < -0.4 is 10.9 Å². The standard InChI is InChI=1S/C28H22Cl2N4O3/c1-18(33(17-23-8-5-15-37-23)28(36)31-21-7-4-6-20(30)16-21)26-32-25-10-3-2-9-24(25)27(35)34(26)22-13-11-19(29)12-14-22/h2-16,18H,17H2,1H3,(H,31,36). The van der Waals surface area contributed by atoms with Crippen LogP contribution in [0.15, 0.2) is 100 Å². The van der Waals surface area contributed by atoms with Crippen LogP contribution in [0.2, 0.25) is 10.0 Å². The zero-order chi connectivity index (χ0) is 25.9. The summed E-state index contributed by atoms with van der Waals surface area (Å²) in [5.41, 5.74) is 1.41. The fourth-order valence-electron chi connectivity index (χ4n) is 4.13. The minimum Gasteiger partial charge on any atom is -0.467 e. The van der Waals surface area contributed by atoms with Crippen LogP contribution in [0.4, 0.5) is 10.5 Å². The van der Waals surface area contributed by atoms with Crippen molar-refractivity contribution in [2.75, 3.05) is 5.32 Å². The molecule has 2 heterocycles. The first-order valence-corrected chi connectivity index (χ1v) is 12.3. The smallest absolute Gasteiger partial charge is 0.322 e. The van der Waals surface area contributed by atoms with Crippen molar-refractivity contribution >= 4 is 45.8 Å². The molecule has 2 aromatic heterocycles. The quantitative estimate of drug-likeness (QED) is 0.253. The first-order chi connectivity index (χ1) is 17.9. The van der Waals surface area contributed by atoms with Crippen LogP contribution in [0.3, 0.4) is 0 Å². The van der Waals surface area contributed by atoms with Crippen LogP contribution in [0.25, 0.3) is 16.6 Å². The van der Waals surface area contributed by atoms with Crippen LogP contribution in [-0.4, -0.2) is 20.5 Å². The average molecular weight is 533 g/mol. The molecule has 5 aromatic rings. The predicted molar refractivity (Wildman–Crippen MR) is 145 cm³/mol. The second-order valence-corrected chi connectivity index (χ2v) is 9.30. The highest BCUT2D eigenvalue weighted by Crippen LogP contribution is 2.26. The molecular weight excluding hydrogens is 511 g/mol. The van der Waals surface area contributed by atoms with E-state index < -0.39 is 12.1 Å². The van der Waals surface area contributed by atoms with Gasteiger partial charge in [-0.2, -0.15) is 0 Å². The minimum atomic E-state index is -0.641. The highest BCUT2D eigenvalue weighted by molar-refractivity contribution is 6.31. The molecule has 5 rings (SSSR count). The maximum atomic E-state index is 13.7. The van der Waals surface area contributed by atoms with E-state index >= 15 is 0 Å². The van der Waals surface area contributed by atoms with Gasteiger partial charge in [0.1, 0.15) is 11.6 Å². The lowest BCUT2D eigenvalue weighted by Crippen LogP contribution is -2.39. The van der Waals surface area contributed by atoms with E-state index in [1.807, 2.05) is 13.0 Å². The number of para-hydroxylation sites is 1. The summed E-state index contributed by atoms with van der Waals surface area (Å²) < 4.78 is 7.06. The molecule has 0 saturated carbocycles. The van der Waals surface area contributed by atoms with Gasteiger partial charge < -0.3 is 14.6 Å². The molecule has 1 atom stereocenters. The Hall–Kier alpha value is -4.07. The van der Waals surface area contributed by atoms with Crippen LogP contribution in [0, 0.1) is 0 Å². The number of halogens is 2. The monoisotopic (exact) mass is 532 g/mol. The summed E-state index contributed by atoms with van der Waals surface area (Å²) in [4.78, 5) is 33.7. The number of carbonyl (C=O) groups excluding carboxylic acids is 1. The topological polar surface area (TPSA) is 80.4 Å². The molecule has 0 aliphatic heterocycles. The number of rotatable bonds is 6. The van der Waals surface area contributed by atoms with E-state index in [4.69, 9.17) is 32.6 Å². The molecule has 0 spiro atoms. The van der Waals surface area contributed by atoms with Gasteiger partial charge in [0, 0.05) is 15.7 Å². The molecule has 37 heavy (non-hydrogen) atoms. The van der Waals surface area contributed by atoms with Crippen molar-refractivity contribution < 1.29 is 9.21 Å². The van der Waals surface area contributed by atoms with Gasteiger partial charge in [-0.15, -0.1) is 0 Å². The zero-order valence-corrected chi connectivity index (χ0v) is 21.3. The maximum Gasteiger partial charge on any atom is 0.322 e. The van der Waals surface area contributed by atoms with Crippen molar-refractivity contribution in [1.82, 2.24) is 14.5 Å². The van der Waals surface area contributed by atoms with E-state index in [1.165, 1.54) is 4.57 Å². The normalized spacial score (nSPS) is 11.9. The Balaban J connectivity index is 1.63. The average Bonchev–Trinajstić information content (AvgIpc) is 3.41. The zero-order valence-electron chi connectivity index (χ0n) is 19.8. The van der Waals surface area contributed by atoms with Crippen molar-refractivity contribution in [2.45, 2.75) is 19.5 Å². The predicted octanol–water partition coefficient (Wildman–Crippen LogP) is 7.08. The molecule has 2 amide bonds. The number of anilines is 1. The van der Waals surface area contributed by atoms with Crippen molar-refractivity contribution in [1.29, 1.82) is 0 Å². The Morgan fingerprint density at radius 2 is 1.78 bits per heavy atom. The van der Waals surface area contributed by atoms with Gasteiger partial charge >= 0.3 is 6.03 Å². The lowest BCUT2D eigenvalue weighted by atomic mass is 10.2. The summed E-state index contributed by atoms with van der Waals surface area (Å²) >= 11 is 12.2. The number of carbonyl (C=O) groups is 1. The Morgan fingerprint density at radius 1 is 1.00 bits per heavy atom. The molecule has 0 radical (unpaired) electrons. The molecule has 1 unspecified atom stereocenters. The van der Waals surface area contributed by atoms with Crippen molar-refractivity contribution in [3.8, 4) is 5.69 Å². The SMILES string of the molecule is CC(c1nc2ccccc2c(=O)n1-c1ccc(Cl)cc1)N(Cc1ccco1)C(=O)Nc1cccc(Cl)c1. The van der Waals surface area contributed by atoms with Crippen molar-refractivity contribution in [3.05, 3.63) is 123 Å². The van der Waals surface area contributed by atoms with Gasteiger partial charge in [0.15, 0.2) is 0 Å². The van der Waals surface area contributed by atoms with Gasteiger partial charge in [-0.1, -0.05) is 41.4 Å². The molecule has 9 heteroatoms. The number of urea groups is 1. The van der Waals surface area contributed by atoms with Gasteiger partial charge in [-0.3, -0.25) is 9.36 Å². The van der Waals surface area contributed by atoms with Crippen molar-refractivity contribution in [3.63, 3.8) is 0 Å². The number of fused-ring (bicyclic) bond motifs is 1.